The van der Waals surface area contributed by atoms with Crippen LogP contribution in [0.2, 0.25) is 5.02 Å². The Morgan fingerprint density at radius 3 is 2.67 bits per heavy atom. The molecular weight excluding hydrogens is 373 g/mol. The summed E-state index contributed by atoms with van der Waals surface area (Å²) in [7, 11) is 0. The summed E-state index contributed by atoms with van der Waals surface area (Å²) in [5, 5.41) is 10.2. The smallest absolute Gasteiger partial charge is 0.410 e. The van der Waals surface area contributed by atoms with Crippen molar-refractivity contribution in [3.8, 4) is 16.9 Å². The number of benzene rings is 3. The largest absolute Gasteiger partial charge is 0.417 e. The Morgan fingerprint density at radius 2 is 1.85 bits per heavy atom. The van der Waals surface area contributed by atoms with Gasteiger partial charge in [0.1, 0.15) is 22.6 Å². The quantitative estimate of drug-likeness (QED) is 0.520. The fourth-order valence-electron chi connectivity index (χ4n) is 2.60. The predicted octanol–water partition coefficient (Wildman–Crippen LogP) is 5.29. The number of para-hydroxylation sites is 1. The minimum absolute atomic E-state index is 0.102. The van der Waals surface area contributed by atoms with Crippen molar-refractivity contribution in [3.05, 3.63) is 71.5 Å². The summed E-state index contributed by atoms with van der Waals surface area (Å²) in [5.41, 5.74) is 1.85. The number of carbonyl (C=O) groups is 1. The van der Waals surface area contributed by atoms with Crippen molar-refractivity contribution >= 4 is 34.4 Å². The topological polar surface area (TPSA) is 77.3 Å². The van der Waals surface area contributed by atoms with Crippen LogP contribution in [0.25, 0.3) is 22.2 Å². The van der Waals surface area contributed by atoms with Gasteiger partial charge in [-0.1, -0.05) is 41.9 Å². The Balaban J connectivity index is 1.62. The van der Waals surface area contributed by atoms with E-state index in [1.54, 1.807) is 48.5 Å². The molecule has 0 bridgehead atoms. The maximum absolute atomic E-state index is 14.6. The summed E-state index contributed by atoms with van der Waals surface area (Å²) in [6, 6.07) is 16.1. The molecule has 0 aliphatic heterocycles. The second-order valence-electron chi connectivity index (χ2n) is 5.58. The maximum atomic E-state index is 14.6. The van der Waals surface area contributed by atoms with Crippen LogP contribution in [-0.2, 0) is 0 Å². The molecule has 1 aromatic heterocycles. The highest BCUT2D eigenvalue weighted by Gasteiger charge is 2.16. The van der Waals surface area contributed by atoms with Crippen LogP contribution in [0.1, 0.15) is 0 Å². The monoisotopic (exact) mass is 383 g/mol. The van der Waals surface area contributed by atoms with Gasteiger partial charge in [0.15, 0.2) is 0 Å². The van der Waals surface area contributed by atoms with Crippen molar-refractivity contribution in [2.45, 2.75) is 0 Å². The van der Waals surface area contributed by atoms with E-state index in [2.05, 4.69) is 15.6 Å². The van der Waals surface area contributed by atoms with Gasteiger partial charge in [-0.3, -0.25) is 5.32 Å². The Bertz CT molecular complexity index is 1130. The zero-order valence-electron chi connectivity index (χ0n) is 13.6. The first-order chi connectivity index (χ1) is 13.1. The lowest BCUT2D eigenvalue weighted by molar-refractivity contribution is 0.215. The molecule has 6 nitrogen and oxygen atoms in total. The Kier molecular flexibility index (Phi) is 4.43. The highest BCUT2D eigenvalue weighted by atomic mass is 35.5. The normalized spacial score (nSPS) is 10.7. The van der Waals surface area contributed by atoms with Crippen molar-refractivity contribution < 1.29 is 18.6 Å². The SMILES string of the molecule is O=C(Nc1cc(Cl)c(-c2cccc3nonc23)cc1F)Oc1ccccc1. The molecule has 0 fully saturated rings. The molecule has 27 heavy (non-hydrogen) atoms. The number of amides is 1. The maximum Gasteiger partial charge on any atom is 0.417 e. The molecule has 0 aliphatic carbocycles. The minimum atomic E-state index is -0.827. The second kappa shape index (κ2) is 7.05. The van der Waals surface area contributed by atoms with Gasteiger partial charge in [0.05, 0.1) is 10.7 Å². The number of hydrogen-bond donors (Lipinski definition) is 1. The fourth-order valence-corrected chi connectivity index (χ4v) is 2.87. The van der Waals surface area contributed by atoms with Crippen LogP contribution >= 0.6 is 11.6 Å². The Labute approximate surface area is 157 Å². The summed E-state index contributed by atoms with van der Waals surface area (Å²) in [5.74, 6) is -0.337. The summed E-state index contributed by atoms with van der Waals surface area (Å²) >= 11 is 6.31. The molecule has 4 rings (SSSR count). The van der Waals surface area contributed by atoms with Crippen LogP contribution in [0, 0.1) is 5.82 Å². The molecule has 3 aromatic carbocycles. The van der Waals surface area contributed by atoms with Crippen molar-refractivity contribution in [1.29, 1.82) is 0 Å². The standard InChI is InChI=1S/C19H11ClFN3O3/c20-14-10-17(22-19(25)26-11-5-2-1-3-6-11)15(21)9-13(14)12-7-4-8-16-18(12)24-27-23-16/h1-10H,(H,22,25). The first-order valence-corrected chi connectivity index (χ1v) is 8.24. The number of ether oxygens (including phenoxy) is 1. The highest BCUT2D eigenvalue weighted by Crippen LogP contribution is 2.35. The molecule has 0 spiro atoms. The average Bonchev–Trinajstić information content (AvgIpc) is 3.14. The van der Waals surface area contributed by atoms with E-state index >= 15 is 0 Å². The third kappa shape index (κ3) is 3.45. The van der Waals surface area contributed by atoms with Crippen molar-refractivity contribution in [1.82, 2.24) is 10.3 Å². The van der Waals surface area contributed by atoms with Gasteiger partial charge in [-0.05, 0) is 40.6 Å². The van der Waals surface area contributed by atoms with Crippen LogP contribution in [0.15, 0.2) is 65.3 Å². The van der Waals surface area contributed by atoms with Gasteiger partial charge in [-0.25, -0.2) is 13.8 Å². The molecule has 1 heterocycles. The molecule has 1 N–H and O–H groups in total. The van der Waals surface area contributed by atoms with E-state index in [4.69, 9.17) is 21.0 Å². The Morgan fingerprint density at radius 1 is 1.04 bits per heavy atom. The van der Waals surface area contributed by atoms with Crippen LogP contribution in [0.5, 0.6) is 5.75 Å². The minimum Gasteiger partial charge on any atom is -0.410 e. The first-order valence-electron chi connectivity index (χ1n) is 7.86. The number of carbonyl (C=O) groups excluding carboxylic acids is 1. The number of fused-ring (bicyclic) bond motifs is 1. The molecule has 8 heteroatoms. The zero-order chi connectivity index (χ0) is 18.8. The van der Waals surface area contributed by atoms with Gasteiger partial charge in [-0.2, -0.15) is 0 Å². The lowest BCUT2D eigenvalue weighted by Gasteiger charge is -2.11. The van der Waals surface area contributed by atoms with E-state index < -0.39 is 11.9 Å². The molecule has 0 saturated carbocycles. The summed E-state index contributed by atoms with van der Waals surface area (Å²) in [6.07, 6.45) is -0.827. The molecule has 134 valence electrons. The predicted molar refractivity (Wildman–Crippen MR) is 98.3 cm³/mol. The number of anilines is 1. The van der Waals surface area contributed by atoms with Crippen LogP contribution in [-0.4, -0.2) is 16.4 Å². The number of nitrogens with zero attached hydrogens (tertiary/aromatic N) is 2. The van der Waals surface area contributed by atoms with Gasteiger partial charge in [0.2, 0.25) is 0 Å². The molecule has 4 aromatic rings. The molecule has 0 saturated heterocycles. The van der Waals surface area contributed by atoms with Gasteiger partial charge in [-0.15, -0.1) is 0 Å². The van der Waals surface area contributed by atoms with Gasteiger partial charge >= 0.3 is 6.09 Å². The summed E-state index contributed by atoms with van der Waals surface area (Å²) in [6.45, 7) is 0. The van der Waals surface area contributed by atoms with Crippen LogP contribution < -0.4 is 10.1 Å². The molecule has 1 amide bonds. The van der Waals surface area contributed by atoms with Crippen LogP contribution in [0.4, 0.5) is 14.9 Å². The van der Waals surface area contributed by atoms with E-state index in [1.165, 1.54) is 12.1 Å². The third-order valence-corrected chi connectivity index (χ3v) is 4.14. The fraction of sp³-hybridized carbons (Fsp3) is 0. The molecular formula is C19H11ClFN3O3. The molecule has 0 radical (unpaired) electrons. The van der Waals surface area contributed by atoms with Gasteiger partial charge in [0.25, 0.3) is 0 Å². The van der Waals surface area contributed by atoms with Crippen molar-refractivity contribution in [2.75, 3.05) is 5.32 Å². The third-order valence-electron chi connectivity index (χ3n) is 3.82. The van der Waals surface area contributed by atoms with E-state index in [9.17, 15) is 9.18 Å². The van der Waals surface area contributed by atoms with Crippen LogP contribution in [0.3, 0.4) is 0 Å². The van der Waals surface area contributed by atoms with E-state index in [-0.39, 0.29) is 10.7 Å². The van der Waals surface area contributed by atoms with Crippen molar-refractivity contribution in [3.63, 3.8) is 0 Å². The molecule has 0 aliphatic rings. The second-order valence-corrected chi connectivity index (χ2v) is 5.98. The number of nitrogens with one attached hydrogen (secondary N) is 1. The highest BCUT2D eigenvalue weighted by molar-refractivity contribution is 6.34. The lowest BCUT2D eigenvalue weighted by Crippen LogP contribution is -2.17. The Hall–Kier alpha value is -3.45. The number of halogens is 2. The van der Waals surface area contributed by atoms with Gasteiger partial charge in [0, 0.05) is 11.1 Å². The average molecular weight is 384 g/mol. The van der Waals surface area contributed by atoms with Crippen molar-refractivity contribution in [2.24, 2.45) is 0 Å². The number of rotatable bonds is 3. The van der Waals surface area contributed by atoms with E-state index in [0.717, 1.165) is 0 Å². The van der Waals surface area contributed by atoms with E-state index in [1.807, 2.05) is 0 Å². The lowest BCUT2D eigenvalue weighted by atomic mass is 10.0. The summed E-state index contributed by atoms with van der Waals surface area (Å²) in [4.78, 5) is 12.0. The summed E-state index contributed by atoms with van der Waals surface area (Å²) < 4.78 is 24.4. The van der Waals surface area contributed by atoms with Gasteiger partial charge < -0.3 is 4.74 Å². The number of aromatic nitrogens is 2. The number of hydrogen-bond acceptors (Lipinski definition) is 5. The molecule has 0 unspecified atom stereocenters. The zero-order valence-corrected chi connectivity index (χ0v) is 14.4. The first kappa shape index (κ1) is 17.0. The molecule has 0 atom stereocenters. The van der Waals surface area contributed by atoms with E-state index in [0.29, 0.717) is 27.9 Å².